The number of carboxylic acids is 1. The molecule has 1 aromatic rings. The second kappa shape index (κ2) is 6.39. The van der Waals surface area contributed by atoms with Crippen molar-refractivity contribution in [3.8, 4) is 0 Å². The van der Waals surface area contributed by atoms with E-state index in [4.69, 9.17) is 5.11 Å². The molecular weight excluding hydrogens is 254 g/mol. The Bertz CT molecular complexity index is 447. The van der Waals surface area contributed by atoms with Crippen LogP contribution in [0.2, 0.25) is 0 Å². The Kier molecular flexibility index (Phi) is 5.15. The van der Waals surface area contributed by atoms with Crippen molar-refractivity contribution in [3.05, 3.63) is 23.9 Å². The highest BCUT2D eigenvalue weighted by Crippen LogP contribution is 2.27. The van der Waals surface area contributed by atoms with Crippen molar-refractivity contribution < 1.29 is 19.4 Å². The van der Waals surface area contributed by atoms with Gasteiger partial charge in [0, 0.05) is 6.20 Å². The molecule has 0 amide bonds. The molecular formula is C12H15NO4S. The lowest BCUT2D eigenvalue weighted by molar-refractivity contribution is -0.137. The van der Waals surface area contributed by atoms with Gasteiger partial charge in [-0.25, -0.2) is 9.78 Å². The van der Waals surface area contributed by atoms with Crippen LogP contribution in [0.5, 0.6) is 0 Å². The van der Waals surface area contributed by atoms with Crippen molar-refractivity contribution in [2.24, 2.45) is 5.92 Å². The van der Waals surface area contributed by atoms with Gasteiger partial charge in [0.05, 0.1) is 17.7 Å². The van der Waals surface area contributed by atoms with Gasteiger partial charge < -0.3 is 9.84 Å². The van der Waals surface area contributed by atoms with Crippen molar-refractivity contribution in [2.45, 2.75) is 24.1 Å². The smallest absolute Gasteiger partial charge is 0.337 e. The zero-order valence-electron chi connectivity index (χ0n) is 10.4. The van der Waals surface area contributed by atoms with Crippen molar-refractivity contribution in [1.29, 1.82) is 0 Å². The lowest BCUT2D eigenvalue weighted by atomic mass is 10.1. The summed E-state index contributed by atoms with van der Waals surface area (Å²) < 4.78 is 4.60. The van der Waals surface area contributed by atoms with Gasteiger partial charge in [0.1, 0.15) is 5.25 Å². The van der Waals surface area contributed by atoms with Gasteiger partial charge in [-0.05, 0) is 18.1 Å². The number of hydrogen-bond donors (Lipinski definition) is 1. The van der Waals surface area contributed by atoms with Crippen LogP contribution in [0.25, 0.3) is 0 Å². The molecule has 5 nitrogen and oxygen atoms in total. The third kappa shape index (κ3) is 3.73. The molecule has 1 heterocycles. The number of carbonyl (C=O) groups is 2. The van der Waals surface area contributed by atoms with Crippen LogP contribution in [-0.2, 0) is 9.53 Å². The van der Waals surface area contributed by atoms with Crippen molar-refractivity contribution >= 4 is 23.7 Å². The van der Waals surface area contributed by atoms with Crippen LogP contribution in [-0.4, -0.2) is 34.4 Å². The van der Waals surface area contributed by atoms with Gasteiger partial charge in [0.2, 0.25) is 0 Å². The predicted molar refractivity (Wildman–Crippen MR) is 67.7 cm³/mol. The summed E-state index contributed by atoms with van der Waals surface area (Å²) in [6, 6.07) is 3.07. The molecule has 1 N–H and O–H groups in total. The maximum atomic E-state index is 11.3. The number of aliphatic carboxylic acids is 1. The minimum absolute atomic E-state index is 0.0314. The van der Waals surface area contributed by atoms with Gasteiger partial charge in [-0.15, -0.1) is 0 Å². The average Bonchev–Trinajstić information content (AvgIpc) is 2.34. The summed E-state index contributed by atoms with van der Waals surface area (Å²) in [4.78, 5) is 26.5. The first-order valence-electron chi connectivity index (χ1n) is 5.39. The first-order chi connectivity index (χ1) is 8.45. The van der Waals surface area contributed by atoms with Crippen LogP contribution in [0, 0.1) is 5.92 Å². The number of methoxy groups -OCH3 is 1. The Morgan fingerprint density at radius 1 is 1.44 bits per heavy atom. The summed E-state index contributed by atoms with van der Waals surface area (Å²) in [5.41, 5.74) is 0.364. The van der Waals surface area contributed by atoms with E-state index in [9.17, 15) is 9.59 Å². The number of pyridine rings is 1. The summed E-state index contributed by atoms with van der Waals surface area (Å²) in [6.07, 6.45) is 1.47. The zero-order valence-corrected chi connectivity index (χ0v) is 11.2. The number of thioether (sulfide) groups is 1. The highest BCUT2D eigenvalue weighted by molar-refractivity contribution is 8.00. The summed E-state index contributed by atoms with van der Waals surface area (Å²) >= 11 is 1.13. The number of esters is 1. The van der Waals surface area contributed by atoms with E-state index < -0.39 is 17.2 Å². The van der Waals surface area contributed by atoms with Gasteiger partial charge in [-0.1, -0.05) is 25.6 Å². The molecule has 0 aliphatic heterocycles. The minimum atomic E-state index is -0.889. The third-order valence-electron chi connectivity index (χ3n) is 2.25. The molecule has 1 rings (SSSR count). The van der Waals surface area contributed by atoms with Crippen molar-refractivity contribution in [2.75, 3.05) is 7.11 Å². The number of rotatable bonds is 5. The van der Waals surface area contributed by atoms with Crippen LogP contribution < -0.4 is 0 Å². The maximum absolute atomic E-state index is 11.3. The highest BCUT2D eigenvalue weighted by Gasteiger charge is 2.23. The first kappa shape index (κ1) is 14.5. The van der Waals surface area contributed by atoms with Crippen LogP contribution >= 0.6 is 11.8 Å². The molecule has 0 aliphatic rings. The average molecular weight is 269 g/mol. The van der Waals surface area contributed by atoms with Crippen LogP contribution in [0.1, 0.15) is 24.2 Å². The molecule has 0 bridgehead atoms. The number of nitrogens with zero attached hydrogens (tertiary/aromatic N) is 1. The SMILES string of the molecule is COC(=O)c1ccnc(SC(C(=O)O)C(C)C)c1. The maximum Gasteiger partial charge on any atom is 0.337 e. The number of carbonyl (C=O) groups excluding carboxylic acids is 1. The molecule has 0 aliphatic carbocycles. The summed E-state index contributed by atoms with van der Waals surface area (Å²) in [7, 11) is 1.30. The number of ether oxygens (including phenoxy) is 1. The topological polar surface area (TPSA) is 76.5 Å². The fraction of sp³-hybridized carbons (Fsp3) is 0.417. The van der Waals surface area contributed by atoms with Gasteiger partial charge in [0.25, 0.3) is 0 Å². The summed E-state index contributed by atoms with van der Waals surface area (Å²) in [5, 5.41) is 9.00. The lowest BCUT2D eigenvalue weighted by Gasteiger charge is -2.15. The van der Waals surface area contributed by atoms with Gasteiger partial charge in [-0.3, -0.25) is 4.79 Å². The van der Waals surface area contributed by atoms with Gasteiger partial charge in [-0.2, -0.15) is 0 Å². The lowest BCUT2D eigenvalue weighted by Crippen LogP contribution is -2.22. The minimum Gasteiger partial charge on any atom is -0.480 e. The summed E-state index contributed by atoms with van der Waals surface area (Å²) in [5.74, 6) is -1.38. The molecule has 0 saturated carbocycles. The van der Waals surface area contributed by atoms with E-state index in [1.807, 2.05) is 13.8 Å². The molecule has 0 radical (unpaired) electrons. The molecule has 18 heavy (non-hydrogen) atoms. The molecule has 6 heteroatoms. The molecule has 1 aromatic heterocycles. The van der Waals surface area contributed by atoms with Crippen LogP contribution in [0.3, 0.4) is 0 Å². The fourth-order valence-corrected chi connectivity index (χ4v) is 2.27. The normalized spacial score (nSPS) is 12.2. The molecule has 0 aromatic carbocycles. The van der Waals surface area contributed by atoms with E-state index in [2.05, 4.69) is 9.72 Å². The Labute approximate surface area is 110 Å². The van der Waals surface area contributed by atoms with Crippen molar-refractivity contribution in [3.63, 3.8) is 0 Å². The monoisotopic (exact) mass is 269 g/mol. The van der Waals surface area contributed by atoms with E-state index >= 15 is 0 Å². The summed E-state index contributed by atoms with van der Waals surface area (Å²) in [6.45, 7) is 3.66. The second-order valence-corrected chi connectivity index (χ2v) is 5.16. The van der Waals surface area contributed by atoms with Gasteiger partial charge >= 0.3 is 11.9 Å². The Balaban J connectivity index is 2.90. The van der Waals surface area contributed by atoms with E-state index in [0.717, 1.165) is 11.8 Å². The quantitative estimate of drug-likeness (QED) is 0.651. The fourth-order valence-electron chi connectivity index (χ4n) is 1.32. The van der Waals surface area contributed by atoms with Crippen molar-refractivity contribution in [1.82, 2.24) is 4.98 Å². The van der Waals surface area contributed by atoms with Crippen LogP contribution in [0.15, 0.2) is 23.4 Å². The van der Waals surface area contributed by atoms with E-state index in [0.29, 0.717) is 10.6 Å². The molecule has 98 valence electrons. The zero-order chi connectivity index (χ0) is 13.7. The second-order valence-electron chi connectivity index (χ2n) is 4.00. The van der Waals surface area contributed by atoms with E-state index in [1.54, 1.807) is 0 Å². The largest absolute Gasteiger partial charge is 0.480 e. The van der Waals surface area contributed by atoms with E-state index in [1.165, 1.54) is 25.4 Å². The molecule has 1 unspecified atom stereocenters. The number of aromatic nitrogens is 1. The Morgan fingerprint density at radius 2 is 2.11 bits per heavy atom. The predicted octanol–water partition coefficient (Wildman–Crippen LogP) is 2.07. The number of hydrogen-bond acceptors (Lipinski definition) is 5. The molecule has 0 saturated heterocycles. The highest BCUT2D eigenvalue weighted by atomic mass is 32.2. The van der Waals surface area contributed by atoms with Crippen LogP contribution in [0.4, 0.5) is 0 Å². The Morgan fingerprint density at radius 3 is 2.61 bits per heavy atom. The van der Waals surface area contributed by atoms with Gasteiger partial charge in [0.15, 0.2) is 0 Å². The molecule has 0 fully saturated rings. The third-order valence-corrected chi connectivity index (χ3v) is 3.72. The first-order valence-corrected chi connectivity index (χ1v) is 6.27. The standard InChI is InChI=1S/C12H15NO4S/c1-7(2)10(11(14)15)18-9-6-8(4-5-13-9)12(16)17-3/h4-7,10H,1-3H3,(H,14,15). The Hall–Kier alpha value is -1.56. The number of carboxylic acid groups (broad SMARTS) is 1. The molecule has 0 spiro atoms. The van der Waals surface area contributed by atoms with E-state index in [-0.39, 0.29) is 5.92 Å². The molecule has 1 atom stereocenters.